The van der Waals surface area contributed by atoms with Gasteiger partial charge in [-0.25, -0.2) is 0 Å². The molecule has 2 aromatic rings. The monoisotopic (exact) mass is 332 g/mol. The first-order valence-electron chi connectivity index (χ1n) is 5.78. The Balaban J connectivity index is 2.14. The molecule has 21 heavy (non-hydrogen) atoms. The van der Waals surface area contributed by atoms with E-state index in [9.17, 15) is 13.2 Å². The largest absolute Gasteiger partial charge is 0.445 e. The first-order chi connectivity index (χ1) is 9.77. The molecule has 0 unspecified atom stereocenters. The molecule has 0 saturated heterocycles. The second-order valence-corrected chi connectivity index (χ2v) is 5.70. The second-order valence-electron chi connectivity index (χ2n) is 4.31. The summed E-state index contributed by atoms with van der Waals surface area (Å²) >= 11 is 5.40. The summed E-state index contributed by atoms with van der Waals surface area (Å²) in [5, 5.41) is 5.96. The van der Waals surface area contributed by atoms with Crippen molar-refractivity contribution in [2.75, 3.05) is 11.9 Å². The molecule has 0 bridgehead atoms. The maximum atomic E-state index is 12.5. The van der Waals surface area contributed by atoms with Crippen LogP contribution in [0.1, 0.15) is 16.1 Å². The fraction of sp³-hybridized carbons (Fsp3) is 0.250. The summed E-state index contributed by atoms with van der Waals surface area (Å²) in [6, 6.07) is 7.20. The van der Waals surface area contributed by atoms with E-state index < -0.39 is 11.2 Å². The van der Waals surface area contributed by atoms with Gasteiger partial charge in [0, 0.05) is 19.2 Å². The van der Waals surface area contributed by atoms with E-state index in [1.54, 1.807) is 30.1 Å². The molecule has 1 aromatic carbocycles. The summed E-state index contributed by atoms with van der Waals surface area (Å²) in [5.74, 6) is 0. The summed E-state index contributed by atoms with van der Waals surface area (Å²) in [4.78, 5) is 1.86. The highest BCUT2D eigenvalue weighted by Crippen LogP contribution is 2.34. The Morgan fingerprint density at radius 2 is 2.10 bits per heavy atom. The Hall–Kier alpha value is -1.74. The zero-order chi connectivity index (χ0) is 15.6. The molecule has 1 heterocycles. The molecule has 0 aliphatic carbocycles. The van der Waals surface area contributed by atoms with E-state index in [1.807, 2.05) is 6.07 Å². The van der Waals surface area contributed by atoms with Crippen molar-refractivity contribution in [2.45, 2.75) is 12.7 Å². The fourth-order valence-corrected chi connectivity index (χ4v) is 2.45. The van der Waals surface area contributed by atoms with Gasteiger partial charge in [0.05, 0.1) is 0 Å². The van der Waals surface area contributed by atoms with Gasteiger partial charge in [-0.2, -0.15) is 13.2 Å². The van der Waals surface area contributed by atoms with Gasteiger partial charge in [-0.15, -0.1) is 10.2 Å². The molecular formula is C12H11F3N4S2. The van der Waals surface area contributed by atoms with Gasteiger partial charge >= 0.3 is 6.18 Å². The lowest BCUT2D eigenvalue weighted by atomic mass is 10.1. The number of anilines is 1. The van der Waals surface area contributed by atoms with Crippen LogP contribution < -0.4 is 10.6 Å². The molecule has 1 aromatic heterocycles. The van der Waals surface area contributed by atoms with Crippen LogP contribution in [0.3, 0.4) is 0 Å². The van der Waals surface area contributed by atoms with Crippen molar-refractivity contribution >= 4 is 33.7 Å². The number of thiocarbonyl (C=S) groups is 1. The van der Waals surface area contributed by atoms with Gasteiger partial charge in [-0.1, -0.05) is 41.8 Å². The van der Waals surface area contributed by atoms with E-state index in [1.165, 1.54) is 0 Å². The van der Waals surface area contributed by atoms with Crippen LogP contribution in [0.4, 0.5) is 18.3 Å². The summed E-state index contributed by atoms with van der Waals surface area (Å²) < 4.78 is 37.5. The molecule has 0 atom stereocenters. The number of aromatic nitrogens is 2. The zero-order valence-corrected chi connectivity index (χ0v) is 12.5. The predicted molar refractivity (Wildman–Crippen MR) is 79.3 cm³/mol. The molecular weight excluding hydrogens is 321 g/mol. The van der Waals surface area contributed by atoms with Crippen LogP contribution in [-0.2, 0) is 12.7 Å². The van der Waals surface area contributed by atoms with E-state index in [0.29, 0.717) is 23.4 Å². The summed E-state index contributed by atoms with van der Waals surface area (Å²) in [6.07, 6.45) is -4.47. The minimum atomic E-state index is -4.47. The molecule has 2 N–H and O–H groups in total. The lowest BCUT2D eigenvalue weighted by Gasteiger charge is -2.15. The van der Waals surface area contributed by atoms with Crippen molar-refractivity contribution in [2.24, 2.45) is 5.73 Å². The fourth-order valence-electron chi connectivity index (χ4n) is 1.65. The molecule has 0 fully saturated rings. The summed E-state index contributed by atoms with van der Waals surface area (Å²) in [5.41, 5.74) is 7.13. The second kappa shape index (κ2) is 5.94. The van der Waals surface area contributed by atoms with Crippen LogP contribution in [0.5, 0.6) is 0 Å². The van der Waals surface area contributed by atoms with Gasteiger partial charge in [0.15, 0.2) is 0 Å². The van der Waals surface area contributed by atoms with Crippen molar-refractivity contribution in [1.82, 2.24) is 10.2 Å². The van der Waals surface area contributed by atoms with Gasteiger partial charge in [0.2, 0.25) is 10.1 Å². The van der Waals surface area contributed by atoms with Crippen LogP contribution in [0, 0.1) is 0 Å². The smallest absolute Gasteiger partial charge is 0.389 e. The average molecular weight is 332 g/mol. The van der Waals surface area contributed by atoms with Crippen molar-refractivity contribution in [3.8, 4) is 0 Å². The Morgan fingerprint density at radius 1 is 1.38 bits per heavy atom. The van der Waals surface area contributed by atoms with Gasteiger partial charge in [-0.05, 0) is 11.6 Å². The molecule has 0 aliphatic rings. The van der Waals surface area contributed by atoms with Crippen LogP contribution in [0.15, 0.2) is 24.3 Å². The van der Waals surface area contributed by atoms with E-state index in [0.717, 1.165) is 5.56 Å². The van der Waals surface area contributed by atoms with Crippen molar-refractivity contribution in [1.29, 1.82) is 0 Å². The molecule has 2 rings (SSSR count). The molecule has 0 amide bonds. The van der Waals surface area contributed by atoms with E-state index in [2.05, 4.69) is 10.2 Å². The molecule has 0 saturated carbocycles. The van der Waals surface area contributed by atoms with E-state index in [4.69, 9.17) is 18.0 Å². The molecule has 9 heteroatoms. The number of halogens is 3. The number of nitrogens with zero attached hydrogens (tertiary/aromatic N) is 3. The number of hydrogen-bond acceptors (Lipinski definition) is 5. The molecule has 0 spiro atoms. The minimum absolute atomic E-state index is 0.197. The van der Waals surface area contributed by atoms with Crippen molar-refractivity contribution in [3.05, 3.63) is 40.4 Å². The topological polar surface area (TPSA) is 55.0 Å². The van der Waals surface area contributed by atoms with Crippen LogP contribution in [-0.4, -0.2) is 22.2 Å². The van der Waals surface area contributed by atoms with Crippen LogP contribution in [0.25, 0.3) is 0 Å². The zero-order valence-electron chi connectivity index (χ0n) is 10.9. The van der Waals surface area contributed by atoms with Crippen molar-refractivity contribution in [3.63, 3.8) is 0 Å². The quantitative estimate of drug-likeness (QED) is 0.873. The number of hydrogen-bond donors (Lipinski definition) is 1. The van der Waals surface area contributed by atoms with Crippen molar-refractivity contribution < 1.29 is 13.2 Å². The Kier molecular flexibility index (Phi) is 4.43. The lowest BCUT2D eigenvalue weighted by molar-refractivity contribution is -0.138. The number of alkyl halides is 3. The van der Waals surface area contributed by atoms with Gasteiger partial charge in [0.1, 0.15) is 4.99 Å². The first-order valence-corrected chi connectivity index (χ1v) is 7.00. The predicted octanol–water partition coefficient (Wildman–Crippen LogP) is 2.83. The standard InChI is InChI=1S/C12H11F3N4S2/c1-19(11-18-17-10(21-11)12(13,14)15)6-7-3-2-4-8(5-7)9(16)20/h2-5H,6H2,1H3,(H2,16,20). The molecule has 4 nitrogen and oxygen atoms in total. The minimum Gasteiger partial charge on any atom is -0.389 e. The third kappa shape index (κ3) is 3.88. The van der Waals surface area contributed by atoms with Gasteiger partial charge in [-0.3, -0.25) is 0 Å². The van der Waals surface area contributed by atoms with Crippen LogP contribution in [0.2, 0.25) is 0 Å². The van der Waals surface area contributed by atoms with Crippen LogP contribution >= 0.6 is 23.6 Å². The Bertz CT molecular complexity index is 654. The third-order valence-electron chi connectivity index (χ3n) is 2.61. The highest BCUT2D eigenvalue weighted by Gasteiger charge is 2.36. The van der Waals surface area contributed by atoms with E-state index in [-0.39, 0.29) is 10.1 Å². The number of rotatable bonds is 4. The SMILES string of the molecule is CN(Cc1cccc(C(N)=S)c1)c1nnc(C(F)(F)F)s1. The van der Waals surface area contributed by atoms with Gasteiger partial charge < -0.3 is 10.6 Å². The molecule has 0 aliphatic heterocycles. The van der Waals surface area contributed by atoms with Gasteiger partial charge in [0.25, 0.3) is 0 Å². The maximum absolute atomic E-state index is 12.5. The highest BCUT2D eigenvalue weighted by atomic mass is 32.1. The Labute approximate surface area is 128 Å². The number of benzene rings is 1. The first kappa shape index (κ1) is 15.6. The normalized spacial score (nSPS) is 11.4. The lowest BCUT2D eigenvalue weighted by Crippen LogP contribution is -2.17. The Morgan fingerprint density at radius 3 is 2.67 bits per heavy atom. The number of nitrogens with two attached hydrogens (primary N) is 1. The third-order valence-corrected chi connectivity index (χ3v) is 3.93. The maximum Gasteiger partial charge on any atom is 0.445 e. The summed E-state index contributed by atoms with van der Waals surface area (Å²) in [7, 11) is 1.65. The molecule has 0 radical (unpaired) electrons. The highest BCUT2D eigenvalue weighted by molar-refractivity contribution is 7.80. The summed E-state index contributed by atoms with van der Waals surface area (Å²) in [6.45, 7) is 0.378. The van der Waals surface area contributed by atoms with E-state index >= 15 is 0 Å². The average Bonchev–Trinajstić information content (AvgIpc) is 2.88. The molecule has 112 valence electrons.